The summed E-state index contributed by atoms with van der Waals surface area (Å²) in [4.78, 5) is -0.176. The third-order valence-corrected chi connectivity index (χ3v) is 4.99. The normalized spacial score (nSPS) is 11.4. The smallest absolute Gasteiger partial charge is 0.265 e. The summed E-state index contributed by atoms with van der Waals surface area (Å²) in [6.45, 7) is 0.104. The Labute approximate surface area is 145 Å². The predicted molar refractivity (Wildman–Crippen MR) is 88.0 cm³/mol. The summed E-state index contributed by atoms with van der Waals surface area (Å²) < 4.78 is 29.4. The van der Waals surface area contributed by atoms with Gasteiger partial charge in [-0.25, -0.2) is 8.42 Å². The molecular formula is C13H8BrCl3O3S. The van der Waals surface area contributed by atoms with Crippen LogP contribution < -0.4 is 4.74 Å². The Morgan fingerprint density at radius 3 is 2.43 bits per heavy atom. The molecule has 0 spiro atoms. The number of rotatable bonds is 4. The van der Waals surface area contributed by atoms with Gasteiger partial charge in [0.05, 0.1) is 0 Å². The average molecular weight is 431 g/mol. The van der Waals surface area contributed by atoms with Crippen molar-refractivity contribution in [1.82, 2.24) is 0 Å². The zero-order valence-electron chi connectivity index (χ0n) is 10.3. The second-order valence-electron chi connectivity index (χ2n) is 4.05. The molecule has 0 bridgehead atoms. The summed E-state index contributed by atoms with van der Waals surface area (Å²) in [6.07, 6.45) is 0. The Kier molecular flexibility index (Phi) is 5.43. The number of ether oxygens (including phenoxy) is 1. The van der Waals surface area contributed by atoms with Gasteiger partial charge in [0.15, 0.2) is 0 Å². The molecule has 0 saturated heterocycles. The number of halogens is 4. The van der Waals surface area contributed by atoms with Crippen molar-refractivity contribution in [3.05, 3.63) is 56.5 Å². The van der Waals surface area contributed by atoms with Crippen LogP contribution >= 0.6 is 49.8 Å². The van der Waals surface area contributed by atoms with E-state index in [1.807, 2.05) is 6.07 Å². The van der Waals surface area contributed by atoms with Gasteiger partial charge in [0, 0.05) is 30.8 Å². The maximum absolute atomic E-state index is 11.5. The van der Waals surface area contributed by atoms with Gasteiger partial charge in [0.1, 0.15) is 17.3 Å². The summed E-state index contributed by atoms with van der Waals surface area (Å²) in [5.74, 6) is 0.119. The fraction of sp³-hybridized carbons (Fsp3) is 0.0769. The fourth-order valence-corrected chi connectivity index (χ4v) is 3.55. The zero-order valence-corrected chi connectivity index (χ0v) is 15.0. The molecule has 0 fully saturated rings. The highest BCUT2D eigenvalue weighted by Gasteiger charge is 2.18. The minimum Gasteiger partial charge on any atom is -0.487 e. The van der Waals surface area contributed by atoms with E-state index in [1.165, 1.54) is 18.2 Å². The number of hydrogen-bond acceptors (Lipinski definition) is 3. The van der Waals surface area contributed by atoms with E-state index in [0.29, 0.717) is 10.6 Å². The molecule has 0 aliphatic rings. The van der Waals surface area contributed by atoms with Crippen molar-refractivity contribution >= 4 is 58.9 Å². The maximum Gasteiger partial charge on any atom is 0.265 e. The van der Waals surface area contributed by atoms with E-state index in [0.717, 1.165) is 4.47 Å². The highest BCUT2D eigenvalue weighted by molar-refractivity contribution is 9.10. The van der Waals surface area contributed by atoms with Crippen molar-refractivity contribution in [2.45, 2.75) is 11.5 Å². The molecule has 2 rings (SSSR count). The van der Waals surface area contributed by atoms with E-state index in [4.69, 9.17) is 38.6 Å². The summed E-state index contributed by atoms with van der Waals surface area (Å²) in [7, 11) is 1.42. The van der Waals surface area contributed by atoms with Gasteiger partial charge < -0.3 is 4.74 Å². The molecule has 0 radical (unpaired) electrons. The van der Waals surface area contributed by atoms with Gasteiger partial charge in [-0.2, -0.15) is 0 Å². The first-order chi connectivity index (χ1) is 9.77. The third kappa shape index (κ3) is 4.50. The highest BCUT2D eigenvalue weighted by atomic mass is 79.9. The molecular weight excluding hydrogens is 422 g/mol. The summed E-state index contributed by atoms with van der Waals surface area (Å²) in [5, 5.41) is 0.761. The topological polar surface area (TPSA) is 43.4 Å². The average Bonchev–Trinajstić information content (AvgIpc) is 2.38. The quantitative estimate of drug-likeness (QED) is 0.621. The molecule has 0 N–H and O–H groups in total. The molecule has 21 heavy (non-hydrogen) atoms. The molecule has 2 aromatic carbocycles. The van der Waals surface area contributed by atoms with Crippen LogP contribution in [-0.2, 0) is 15.7 Å². The SMILES string of the molecule is O=S(=O)(Cl)c1cc(Cl)ccc1OCc1ccc(Br)cc1Cl. The van der Waals surface area contributed by atoms with Crippen LogP contribution in [0.15, 0.2) is 45.8 Å². The molecule has 0 aliphatic carbocycles. The minimum absolute atomic E-state index is 0.104. The lowest BCUT2D eigenvalue weighted by Gasteiger charge is -2.11. The molecule has 0 aromatic heterocycles. The molecule has 8 heteroatoms. The summed E-state index contributed by atoms with van der Waals surface area (Å²) >= 11 is 15.2. The molecule has 0 amide bonds. The van der Waals surface area contributed by atoms with E-state index < -0.39 is 9.05 Å². The van der Waals surface area contributed by atoms with Gasteiger partial charge in [-0.3, -0.25) is 0 Å². The predicted octanol–water partition coefficient (Wildman–Crippen LogP) is 5.26. The van der Waals surface area contributed by atoms with Crippen molar-refractivity contribution in [3.8, 4) is 5.75 Å². The zero-order chi connectivity index (χ0) is 15.6. The highest BCUT2D eigenvalue weighted by Crippen LogP contribution is 2.31. The maximum atomic E-state index is 11.5. The lowest BCUT2D eigenvalue weighted by Crippen LogP contribution is -2.01. The van der Waals surface area contributed by atoms with E-state index >= 15 is 0 Å². The van der Waals surface area contributed by atoms with Gasteiger partial charge in [0.25, 0.3) is 9.05 Å². The van der Waals surface area contributed by atoms with Gasteiger partial charge >= 0.3 is 0 Å². The molecule has 0 saturated carbocycles. The molecule has 0 atom stereocenters. The second kappa shape index (κ2) is 6.75. The van der Waals surface area contributed by atoms with Crippen molar-refractivity contribution in [2.24, 2.45) is 0 Å². The van der Waals surface area contributed by atoms with Crippen LogP contribution in [-0.4, -0.2) is 8.42 Å². The Balaban J connectivity index is 2.28. The van der Waals surface area contributed by atoms with Crippen LogP contribution in [0.5, 0.6) is 5.75 Å². The molecule has 0 aliphatic heterocycles. The van der Waals surface area contributed by atoms with E-state index in [9.17, 15) is 8.42 Å². The minimum atomic E-state index is -3.95. The Hall–Kier alpha value is -0.460. The van der Waals surface area contributed by atoms with Gasteiger partial charge in [-0.1, -0.05) is 45.2 Å². The number of hydrogen-bond donors (Lipinski definition) is 0. The fourth-order valence-electron chi connectivity index (χ4n) is 1.59. The van der Waals surface area contributed by atoms with E-state index in [-0.39, 0.29) is 22.3 Å². The van der Waals surface area contributed by atoms with Crippen molar-refractivity contribution in [2.75, 3.05) is 0 Å². The van der Waals surface area contributed by atoms with Gasteiger partial charge in [-0.15, -0.1) is 0 Å². The van der Waals surface area contributed by atoms with Crippen LogP contribution in [0, 0.1) is 0 Å². The molecule has 0 heterocycles. The van der Waals surface area contributed by atoms with Crippen molar-refractivity contribution in [1.29, 1.82) is 0 Å². The monoisotopic (exact) mass is 428 g/mol. The second-order valence-corrected chi connectivity index (χ2v) is 8.35. The summed E-state index contributed by atoms with van der Waals surface area (Å²) in [5.41, 5.74) is 0.715. The lowest BCUT2D eigenvalue weighted by molar-refractivity contribution is 0.298. The number of benzene rings is 2. The van der Waals surface area contributed by atoms with Crippen molar-refractivity contribution in [3.63, 3.8) is 0 Å². The largest absolute Gasteiger partial charge is 0.487 e. The van der Waals surface area contributed by atoms with Crippen molar-refractivity contribution < 1.29 is 13.2 Å². The molecule has 0 unspecified atom stereocenters. The van der Waals surface area contributed by atoms with E-state index in [2.05, 4.69) is 15.9 Å². The molecule has 3 nitrogen and oxygen atoms in total. The molecule has 2 aromatic rings. The van der Waals surface area contributed by atoms with Crippen LogP contribution in [0.1, 0.15) is 5.56 Å². The standard InChI is InChI=1S/C13H8BrCl3O3S/c14-9-2-1-8(11(16)5-9)7-20-12-4-3-10(15)6-13(12)21(17,18)19/h1-6H,7H2. The Bertz CT molecular complexity index is 778. The van der Waals surface area contributed by atoms with Gasteiger partial charge in [0.2, 0.25) is 0 Å². The first-order valence-corrected chi connectivity index (χ1v) is 9.44. The Morgan fingerprint density at radius 1 is 1.10 bits per heavy atom. The molecule has 112 valence electrons. The van der Waals surface area contributed by atoms with Crippen LogP contribution in [0.25, 0.3) is 0 Å². The first-order valence-electron chi connectivity index (χ1n) is 5.58. The van der Waals surface area contributed by atoms with Crippen LogP contribution in [0.2, 0.25) is 10.0 Å². The first kappa shape index (κ1) is 16.9. The van der Waals surface area contributed by atoms with E-state index in [1.54, 1.807) is 12.1 Å². The van der Waals surface area contributed by atoms with Crippen LogP contribution in [0.4, 0.5) is 0 Å². The lowest BCUT2D eigenvalue weighted by atomic mass is 10.2. The third-order valence-electron chi connectivity index (χ3n) is 2.57. The Morgan fingerprint density at radius 2 is 1.81 bits per heavy atom. The van der Waals surface area contributed by atoms with Crippen LogP contribution in [0.3, 0.4) is 0 Å². The summed E-state index contributed by atoms with van der Waals surface area (Å²) in [6, 6.07) is 9.52. The van der Waals surface area contributed by atoms with Gasteiger partial charge in [-0.05, 0) is 30.3 Å².